The molecule has 0 radical (unpaired) electrons. The van der Waals surface area contributed by atoms with E-state index in [0.717, 1.165) is 0 Å². The Morgan fingerprint density at radius 2 is 1.86 bits per heavy atom. The summed E-state index contributed by atoms with van der Waals surface area (Å²) in [6, 6.07) is 9.92. The number of halogens is 1. The van der Waals surface area contributed by atoms with Crippen LogP contribution in [0.4, 0.5) is 10.5 Å². The fourth-order valence-electron chi connectivity index (χ4n) is 2.09. The summed E-state index contributed by atoms with van der Waals surface area (Å²) in [4.78, 5) is 26.9. The Balaban J connectivity index is 1.87. The Morgan fingerprint density at radius 1 is 1.14 bits per heavy atom. The van der Waals surface area contributed by atoms with Gasteiger partial charge in [0.1, 0.15) is 29.2 Å². The number of ether oxygens (including phenoxy) is 3. The van der Waals surface area contributed by atoms with Gasteiger partial charge in [-0.15, -0.1) is 0 Å². The molecule has 2 N–H and O–H groups in total. The number of nitrogens with one attached hydrogen (secondary N) is 1. The lowest BCUT2D eigenvalue weighted by molar-refractivity contribution is 0.0633. The van der Waals surface area contributed by atoms with Crippen molar-refractivity contribution in [1.29, 1.82) is 0 Å². The molecule has 0 spiro atoms. The van der Waals surface area contributed by atoms with Crippen molar-refractivity contribution in [2.75, 3.05) is 18.5 Å². The molecule has 0 aliphatic heterocycles. The monoisotopic (exact) mass is 452 g/mol. The zero-order valence-corrected chi connectivity index (χ0v) is 17.3. The van der Waals surface area contributed by atoms with Crippen molar-refractivity contribution in [2.45, 2.75) is 26.4 Å². The summed E-state index contributed by atoms with van der Waals surface area (Å²) in [5.41, 5.74) is -0.248. The quantitative estimate of drug-likeness (QED) is 0.474. The molecular weight excluding hydrogens is 432 g/mol. The van der Waals surface area contributed by atoms with Crippen LogP contribution in [0.15, 0.2) is 41.0 Å². The van der Waals surface area contributed by atoms with Gasteiger partial charge in [0.15, 0.2) is 11.4 Å². The Labute approximate surface area is 171 Å². The van der Waals surface area contributed by atoms with Crippen molar-refractivity contribution in [3.63, 3.8) is 0 Å². The van der Waals surface area contributed by atoms with E-state index in [2.05, 4.69) is 26.2 Å². The second-order valence-corrected chi connectivity index (χ2v) is 7.45. The number of benzene rings is 1. The van der Waals surface area contributed by atoms with Crippen molar-refractivity contribution in [3.8, 4) is 11.5 Å². The van der Waals surface area contributed by atoms with E-state index in [1.807, 2.05) is 0 Å². The van der Waals surface area contributed by atoms with Crippen LogP contribution in [0, 0.1) is 0 Å². The molecule has 0 aliphatic carbocycles. The van der Waals surface area contributed by atoms with Crippen molar-refractivity contribution < 1.29 is 28.9 Å². The summed E-state index contributed by atoms with van der Waals surface area (Å²) in [5.74, 6) is -0.512. The van der Waals surface area contributed by atoms with Crippen molar-refractivity contribution >= 4 is 33.7 Å². The zero-order chi connectivity index (χ0) is 20.7. The third-order valence-electron chi connectivity index (χ3n) is 3.12. The highest BCUT2D eigenvalue weighted by Gasteiger charge is 2.16. The number of carbonyl (C=O) groups is 2. The van der Waals surface area contributed by atoms with Gasteiger partial charge in [0, 0.05) is 11.8 Å². The first kappa shape index (κ1) is 21.5. The van der Waals surface area contributed by atoms with Gasteiger partial charge in [-0.1, -0.05) is 6.07 Å². The van der Waals surface area contributed by atoms with Gasteiger partial charge in [0.05, 0.1) is 0 Å². The molecule has 1 heterocycles. The SMILES string of the molecule is CC(C)(C)OC(=O)Nc1cccc(OCCOc2ccc(Br)nc2C(=O)O)c1. The summed E-state index contributed by atoms with van der Waals surface area (Å²) in [5, 5.41) is 11.8. The molecule has 2 aromatic rings. The van der Waals surface area contributed by atoms with E-state index in [9.17, 15) is 9.59 Å². The standard InChI is InChI=1S/C19H21BrN2O6/c1-19(2,3)28-18(25)21-12-5-4-6-13(11-12)26-9-10-27-14-7-8-15(20)22-16(14)17(23)24/h4-8,11H,9-10H2,1-3H3,(H,21,25)(H,23,24). The number of anilines is 1. The summed E-state index contributed by atoms with van der Waals surface area (Å²) < 4.78 is 16.6. The highest BCUT2D eigenvalue weighted by molar-refractivity contribution is 9.10. The number of carboxylic acid groups (broad SMARTS) is 1. The van der Waals surface area contributed by atoms with Gasteiger partial charge >= 0.3 is 12.1 Å². The first-order valence-electron chi connectivity index (χ1n) is 8.39. The maximum atomic E-state index is 11.8. The fraction of sp³-hybridized carbons (Fsp3) is 0.316. The molecule has 28 heavy (non-hydrogen) atoms. The lowest BCUT2D eigenvalue weighted by Gasteiger charge is -2.19. The van der Waals surface area contributed by atoms with Crippen LogP contribution in [0.3, 0.4) is 0 Å². The van der Waals surface area contributed by atoms with Crippen LogP contribution in [-0.4, -0.2) is 41.0 Å². The second kappa shape index (κ2) is 9.41. The first-order chi connectivity index (χ1) is 13.1. The molecule has 150 valence electrons. The van der Waals surface area contributed by atoms with E-state index < -0.39 is 17.7 Å². The minimum Gasteiger partial charge on any atom is -0.490 e. The third-order valence-corrected chi connectivity index (χ3v) is 3.56. The van der Waals surface area contributed by atoms with E-state index in [1.165, 1.54) is 6.07 Å². The van der Waals surface area contributed by atoms with Crippen LogP contribution in [0.25, 0.3) is 0 Å². The lowest BCUT2D eigenvalue weighted by atomic mass is 10.2. The maximum absolute atomic E-state index is 11.8. The molecule has 0 fully saturated rings. The summed E-state index contributed by atoms with van der Waals surface area (Å²) >= 11 is 3.12. The Hall–Kier alpha value is -2.81. The number of pyridine rings is 1. The molecule has 0 unspecified atom stereocenters. The lowest BCUT2D eigenvalue weighted by Crippen LogP contribution is -2.27. The second-order valence-electron chi connectivity index (χ2n) is 6.64. The van der Waals surface area contributed by atoms with Gasteiger partial charge in [-0.25, -0.2) is 14.6 Å². The van der Waals surface area contributed by atoms with E-state index in [-0.39, 0.29) is 24.7 Å². The third kappa shape index (κ3) is 7.07. The number of aromatic nitrogens is 1. The number of aromatic carboxylic acids is 1. The molecule has 0 bridgehead atoms. The molecule has 1 aromatic carbocycles. The van der Waals surface area contributed by atoms with Gasteiger partial charge in [0.25, 0.3) is 0 Å². The number of amides is 1. The zero-order valence-electron chi connectivity index (χ0n) is 15.7. The smallest absolute Gasteiger partial charge is 0.412 e. The van der Waals surface area contributed by atoms with E-state index >= 15 is 0 Å². The van der Waals surface area contributed by atoms with Gasteiger partial charge in [0.2, 0.25) is 0 Å². The van der Waals surface area contributed by atoms with Crippen LogP contribution < -0.4 is 14.8 Å². The minimum atomic E-state index is -1.18. The molecule has 1 aromatic heterocycles. The summed E-state index contributed by atoms with van der Waals surface area (Å²) in [7, 11) is 0. The number of hydrogen-bond donors (Lipinski definition) is 2. The van der Waals surface area contributed by atoms with Crippen LogP contribution >= 0.6 is 15.9 Å². The van der Waals surface area contributed by atoms with Crippen molar-refractivity contribution in [3.05, 3.63) is 46.7 Å². The highest BCUT2D eigenvalue weighted by atomic mass is 79.9. The predicted molar refractivity (Wildman–Crippen MR) is 106 cm³/mol. The molecule has 0 aliphatic rings. The van der Waals surface area contributed by atoms with E-state index in [4.69, 9.17) is 19.3 Å². The molecular formula is C19H21BrN2O6. The number of carbonyl (C=O) groups excluding carboxylic acids is 1. The predicted octanol–water partition coefficient (Wildman–Crippen LogP) is 4.35. The normalized spacial score (nSPS) is 10.9. The molecule has 0 saturated heterocycles. The Kier molecular flexibility index (Phi) is 7.22. The molecule has 0 atom stereocenters. The number of nitrogens with zero attached hydrogens (tertiary/aromatic N) is 1. The topological polar surface area (TPSA) is 107 Å². The fourth-order valence-corrected chi connectivity index (χ4v) is 2.40. The molecule has 9 heteroatoms. The Morgan fingerprint density at radius 3 is 2.54 bits per heavy atom. The number of carboxylic acids is 1. The molecule has 2 rings (SSSR count). The number of hydrogen-bond acceptors (Lipinski definition) is 6. The van der Waals surface area contributed by atoms with E-state index in [0.29, 0.717) is 16.0 Å². The largest absolute Gasteiger partial charge is 0.490 e. The summed E-state index contributed by atoms with van der Waals surface area (Å²) in [6.45, 7) is 5.63. The van der Waals surface area contributed by atoms with Gasteiger partial charge in [-0.05, 0) is 61.0 Å². The first-order valence-corrected chi connectivity index (χ1v) is 9.19. The van der Waals surface area contributed by atoms with Gasteiger partial charge in [-0.2, -0.15) is 0 Å². The van der Waals surface area contributed by atoms with Crippen molar-refractivity contribution in [2.24, 2.45) is 0 Å². The van der Waals surface area contributed by atoms with E-state index in [1.54, 1.807) is 51.1 Å². The van der Waals surface area contributed by atoms with Crippen LogP contribution in [0.2, 0.25) is 0 Å². The van der Waals surface area contributed by atoms with Gasteiger partial charge in [-0.3, -0.25) is 5.32 Å². The Bertz CT molecular complexity index is 851. The molecule has 0 saturated carbocycles. The average molecular weight is 453 g/mol. The van der Waals surface area contributed by atoms with Crippen molar-refractivity contribution in [1.82, 2.24) is 4.98 Å². The summed E-state index contributed by atoms with van der Waals surface area (Å²) in [6.07, 6.45) is -0.558. The molecule has 1 amide bonds. The minimum absolute atomic E-state index is 0.118. The van der Waals surface area contributed by atoms with Crippen LogP contribution in [0.5, 0.6) is 11.5 Å². The number of rotatable bonds is 7. The van der Waals surface area contributed by atoms with Gasteiger partial charge < -0.3 is 19.3 Å². The highest BCUT2D eigenvalue weighted by Crippen LogP contribution is 2.21. The average Bonchev–Trinajstić information content (AvgIpc) is 2.58. The molecule has 8 nitrogen and oxygen atoms in total. The van der Waals surface area contributed by atoms with Crippen LogP contribution in [-0.2, 0) is 4.74 Å². The van der Waals surface area contributed by atoms with Crippen LogP contribution in [0.1, 0.15) is 31.3 Å². The maximum Gasteiger partial charge on any atom is 0.412 e.